The van der Waals surface area contributed by atoms with Crippen molar-refractivity contribution < 1.29 is 4.39 Å². The average Bonchev–Trinajstić information content (AvgIpc) is 3.06. The zero-order chi connectivity index (χ0) is 18.3. The topological polar surface area (TPSA) is 56.7 Å². The van der Waals surface area contributed by atoms with E-state index in [4.69, 9.17) is 17.3 Å². The first-order valence-corrected chi connectivity index (χ1v) is 8.56. The van der Waals surface area contributed by atoms with Crippen LogP contribution in [0.25, 0.3) is 27.8 Å². The zero-order valence-corrected chi connectivity index (χ0v) is 14.8. The van der Waals surface area contributed by atoms with Crippen LogP contribution in [0, 0.1) is 5.82 Å². The fraction of sp³-hybridized carbons (Fsp3) is 0.100. The van der Waals surface area contributed by atoms with Crippen molar-refractivity contribution in [3.05, 3.63) is 77.6 Å². The van der Waals surface area contributed by atoms with Gasteiger partial charge in [0.2, 0.25) is 0 Å². The largest absolute Gasteiger partial charge is 0.324 e. The third-order valence-electron chi connectivity index (χ3n) is 4.37. The molecule has 1 unspecified atom stereocenters. The molecule has 0 saturated heterocycles. The number of nitrogens with zero attached hydrogens (tertiary/aromatic N) is 3. The summed E-state index contributed by atoms with van der Waals surface area (Å²) in [5.41, 5.74) is 10.5. The molecule has 4 aromatic rings. The van der Waals surface area contributed by atoms with E-state index in [2.05, 4.69) is 9.97 Å². The van der Waals surface area contributed by atoms with Gasteiger partial charge in [0.05, 0.1) is 11.0 Å². The highest BCUT2D eigenvalue weighted by molar-refractivity contribution is 6.32. The summed E-state index contributed by atoms with van der Waals surface area (Å²) in [6, 6.07) is 14.2. The molecule has 4 nitrogen and oxygen atoms in total. The maximum Gasteiger partial charge on any atom is 0.136 e. The standard InChI is InChI=1S/C20H16ClFN4/c1-12(23)13-4-7-19-18(9-13)25-11-26(19)14-5-6-17(22)16(10-14)15-3-2-8-24-20(15)21/h2-12H,23H2,1H3. The van der Waals surface area contributed by atoms with Gasteiger partial charge < -0.3 is 5.73 Å². The lowest BCUT2D eigenvalue weighted by atomic mass is 10.1. The van der Waals surface area contributed by atoms with Gasteiger partial charge in [-0.1, -0.05) is 17.7 Å². The minimum Gasteiger partial charge on any atom is -0.324 e. The highest BCUT2D eigenvalue weighted by atomic mass is 35.5. The molecule has 2 heterocycles. The predicted octanol–water partition coefficient (Wildman–Crippen LogP) is 4.90. The van der Waals surface area contributed by atoms with Gasteiger partial charge in [-0.05, 0) is 55.0 Å². The molecule has 2 aromatic carbocycles. The first-order valence-electron chi connectivity index (χ1n) is 8.18. The summed E-state index contributed by atoms with van der Waals surface area (Å²) in [5, 5.41) is 0.264. The SMILES string of the molecule is CC(N)c1ccc2c(c1)ncn2-c1ccc(F)c(-c2cccnc2Cl)c1. The van der Waals surface area contributed by atoms with Crippen LogP contribution in [0.2, 0.25) is 5.15 Å². The molecule has 0 aliphatic rings. The van der Waals surface area contributed by atoms with E-state index in [0.29, 0.717) is 11.1 Å². The Labute approximate surface area is 155 Å². The van der Waals surface area contributed by atoms with Gasteiger partial charge in [0, 0.05) is 29.1 Å². The van der Waals surface area contributed by atoms with Gasteiger partial charge in [0.25, 0.3) is 0 Å². The van der Waals surface area contributed by atoms with Crippen LogP contribution < -0.4 is 5.73 Å². The molecule has 0 bridgehead atoms. The molecule has 0 spiro atoms. The second-order valence-corrected chi connectivity index (χ2v) is 6.52. The van der Waals surface area contributed by atoms with Crippen molar-refractivity contribution in [1.29, 1.82) is 0 Å². The van der Waals surface area contributed by atoms with Crippen molar-refractivity contribution in [3.63, 3.8) is 0 Å². The highest BCUT2D eigenvalue weighted by Gasteiger charge is 2.13. The molecule has 26 heavy (non-hydrogen) atoms. The van der Waals surface area contributed by atoms with E-state index in [1.807, 2.05) is 29.7 Å². The van der Waals surface area contributed by atoms with E-state index < -0.39 is 0 Å². The van der Waals surface area contributed by atoms with Crippen LogP contribution in [0.15, 0.2) is 61.1 Å². The predicted molar refractivity (Wildman–Crippen MR) is 102 cm³/mol. The summed E-state index contributed by atoms with van der Waals surface area (Å²) in [6.45, 7) is 1.93. The molecular weight excluding hydrogens is 351 g/mol. The lowest BCUT2D eigenvalue weighted by Gasteiger charge is -2.10. The molecule has 0 saturated carbocycles. The Balaban J connectivity index is 1.86. The van der Waals surface area contributed by atoms with Gasteiger partial charge in [0.15, 0.2) is 0 Å². The Kier molecular flexibility index (Phi) is 4.18. The van der Waals surface area contributed by atoms with Gasteiger partial charge in [-0.2, -0.15) is 0 Å². The van der Waals surface area contributed by atoms with E-state index in [9.17, 15) is 4.39 Å². The van der Waals surface area contributed by atoms with Crippen LogP contribution in [0.1, 0.15) is 18.5 Å². The molecule has 1 atom stereocenters. The molecule has 4 rings (SSSR count). The molecule has 0 aliphatic carbocycles. The fourth-order valence-electron chi connectivity index (χ4n) is 2.98. The molecular formula is C20H16ClFN4. The molecule has 0 amide bonds. The smallest absolute Gasteiger partial charge is 0.136 e. The molecule has 0 radical (unpaired) electrons. The number of fused-ring (bicyclic) bond motifs is 1. The second kappa shape index (κ2) is 6.52. The number of nitrogens with two attached hydrogens (primary N) is 1. The molecule has 0 aliphatic heterocycles. The number of hydrogen-bond donors (Lipinski definition) is 1. The van der Waals surface area contributed by atoms with Crippen LogP contribution in [0.5, 0.6) is 0 Å². The molecule has 0 fully saturated rings. The summed E-state index contributed by atoms with van der Waals surface area (Å²) >= 11 is 6.14. The third kappa shape index (κ3) is 2.85. The monoisotopic (exact) mass is 366 g/mol. The summed E-state index contributed by atoms with van der Waals surface area (Å²) < 4.78 is 16.3. The van der Waals surface area contributed by atoms with E-state index in [-0.39, 0.29) is 17.0 Å². The van der Waals surface area contributed by atoms with Crippen molar-refractivity contribution in [2.24, 2.45) is 5.73 Å². The van der Waals surface area contributed by atoms with E-state index in [1.54, 1.807) is 36.8 Å². The van der Waals surface area contributed by atoms with Gasteiger partial charge in [-0.15, -0.1) is 0 Å². The van der Waals surface area contributed by atoms with Crippen molar-refractivity contribution in [3.8, 4) is 16.8 Å². The Morgan fingerprint density at radius 2 is 1.92 bits per heavy atom. The number of pyridine rings is 1. The summed E-state index contributed by atoms with van der Waals surface area (Å²) in [4.78, 5) is 8.49. The van der Waals surface area contributed by atoms with Crippen LogP contribution in [-0.4, -0.2) is 14.5 Å². The van der Waals surface area contributed by atoms with Crippen LogP contribution in [0.4, 0.5) is 4.39 Å². The lowest BCUT2D eigenvalue weighted by molar-refractivity contribution is 0.631. The van der Waals surface area contributed by atoms with Crippen molar-refractivity contribution >= 4 is 22.6 Å². The number of aromatic nitrogens is 3. The Morgan fingerprint density at radius 3 is 2.69 bits per heavy atom. The number of rotatable bonds is 3. The number of hydrogen-bond acceptors (Lipinski definition) is 3. The highest BCUT2D eigenvalue weighted by Crippen LogP contribution is 2.31. The molecule has 6 heteroatoms. The normalized spacial score (nSPS) is 12.5. The third-order valence-corrected chi connectivity index (χ3v) is 4.68. The summed E-state index contributed by atoms with van der Waals surface area (Å²) in [7, 11) is 0. The number of halogens is 2. The first-order chi connectivity index (χ1) is 12.5. The van der Waals surface area contributed by atoms with Crippen LogP contribution in [-0.2, 0) is 0 Å². The average molecular weight is 367 g/mol. The Morgan fingerprint density at radius 1 is 1.08 bits per heavy atom. The minimum atomic E-state index is -0.354. The van der Waals surface area contributed by atoms with Crippen LogP contribution >= 0.6 is 11.6 Å². The van der Waals surface area contributed by atoms with E-state index >= 15 is 0 Å². The first kappa shape index (κ1) is 16.7. The van der Waals surface area contributed by atoms with E-state index in [1.165, 1.54) is 6.07 Å². The maximum atomic E-state index is 14.4. The van der Waals surface area contributed by atoms with Crippen molar-refractivity contribution in [2.45, 2.75) is 13.0 Å². The van der Waals surface area contributed by atoms with Gasteiger partial charge >= 0.3 is 0 Å². The number of benzene rings is 2. The van der Waals surface area contributed by atoms with Crippen molar-refractivity contribution in [2.75, 3.05) is 0 Å². The summed E-state index contributed by atoms with van der Waals surface area (Å²) in [6.07, 6.45) is 3.30. The Hall–Kier alpha value is -2.76. The fourth-order valence-corrected chi connectivity index (χ4v) is 3.20. The quantitative estimate of drug-likeness (QED) is 0.525. The van der Waals surface area contributed by atoms with Crippen molar-refractivity contribution in [1.82, 2.24) is 14.5 Å². The second-order valence-electron chi connectivity index (χ2n) is 6.16. The zero-order valence-electron chi connectivity index (χ0n) is 14.0. The minimum absolute atomic E-state index is 0.0605. The van der Waals surface area contributed by atoms with Crippen LogP contribution in [0.3, 0.4) is 0 Å². The van der Waals surface area contributed by atoms with Gasteiger partial charge in [0.1, 0.15) is 17.3 Å². The molecule has 2 aromatic heterocycles. The molecule has 2 N–H and O–H groups in total. The molecule has 130 valence electrons. The number of imidazole rings is 1. The lowest BCUT2D eigenvalue weighted by Crippen LogP contribution is -2.04. The Bertz CT molecular complexity index is 1100. The maximum absolute atomic E-state index is 14.4. The summed E-state index contributed by atoms with van der Waals surface area (Å²) in [5.74, 6) is -0.354. The van der Waals surface area contributed by atoms with E-state index in [0.717, 1.165) is 22.3 Å². The van der Waals surface area contributed by atoms with Gasteiger partial charge in [-0.3, -0.25) is 4.57 Å². The van der Waals surface area contributed by atoms with Gasteiger partial charge in [-0.25, -0.2) is 14.4 Å².